The SMILES string of the molecule is CCc1nn(C)cc1NC(=O)c1cc(N)cnc1Cl. The van der Waals surface area contributed by atoms with Gasteiger partial charge in [0.1, 0.15) is 5.15 Å². The predicted molar refractivity (Wildman–Crippen MR) is 74.2 cm³/mol. The van der Waals surface area contributed by atoms with E-state index < -0.39 is 0 Å². The first-order valence-electron chi connectivity index (χ1n) is 5.76. The molecule has 2 aromatic heterocycles. The number of carbonyl (C=O) groups excluding carboxylic acids is 1. The number of amides is 1. The molecule has 100 valence electrons. The van der Waals surface area contributed by atoms with Gasteiger partial charge in [0.05, 0.1) is 28.8 Å². The van der Waals surface area contributed by atoms with Crippen LogP contribution < -0.4 is 11.1 Å². The Kier molecular flexibility index (Phi) is 3.71. The molecule has 0 aliphatic heterocycles. The molecule has 2 heterocycles. The van der Waals surface area contributed by atoms with Gasteiger partial charge in [0.25, 0.3) is 5.91 Å². The van der Waals surface area contributed by atoms with E-state index in [4.69, 9.17) is 17.3 Å². The molecule has 2 rings (SSSR count). The molecule has 7 heteroatoms. The lowest BCUT2D eigenvalue weighted by atomic mass is 10.2. The Labute approximate surface area is 115 Å². The highest BCUT2D eigenvalue weighted by Gasteiger charge is 2.15. The number of pyridine rings is 1. The van der Waals surface area contributed by atoms with Crippen LogP contribution in [0.15, 0.2) is 18.5 Å². The summed E-state index contributed by atoms with van der Waals surface area (Å²) >= 11 is 5.89. The third-order valence-electron chi connectivity index (χ3n) is 2.59. The quantitative estimate of drug-likeness (QED) is 0.840. The second kappa shape index (κ2) is 5.27. The molecule has 0 bridgehead atoms. The molecule has 0 aliphatic rings. The molecule has 0 aliphatic carbocycles. The average molecular weight is 280 g/mol. The van der Waals surface area contributed by atoms with Gasteiger partial charge in [0.15, 0.2) is 0 Å². The van der Waals surface area contributed by atoms with Gasteiger partial charge in [0.2, 0.25) is 0 Å². The number of hydrogen-bond acceptors (Lipinski definition) is 4. The van der Waals surface area contributed by atoms with Crippen molar-refractivity contribution in [1.29, 1.82) is 0 Å². The predicted octanol–water partition coefficient (Wildman–Crippen LogP) is 1.87. The van der Waals surface area contributed by atoms with Crippen LogP contribution in [0.3, 0.4) is 0 Å². The molecule has 3 N–H and O–H groups in total. The Morgan fingerprint density at radius 2 is 2.32 bits per heavy atom. The zero-order valence-electron chi connectivity index (χ0n) is 10.6. The molecule has 0 spiro atoms. The summed E-state index contributed by atoms with van der Waals surface area (Å²) < 4.78 is 1.65. The van der Waals surface area contributed by atoms with Gasteiger partial charge in [-0.1, -0.05) is 18.5 Å². The smallest absolute Gasteiger partial charge is 0.258 e. The van der Waals surface area contributed by atoms with Crippen LogP contribution in [0.25, 0.3) is 0 Å². The van der Waals surface area contributed by atoms with Crippen LogP contribution in [-0.2, 0) is 13.5 Å². The zero-order chi connectivity index (χ0) is 14.0. The van der Waals surface area contributed by atoms with Crippen molar-refractivity contribution in [2.24, 2.45) is 7.05 Å². The minimum atomic E-state index is -0.354. The molecule has 19 heavy (non-hydrogen) atoms. The summed E-state index contributed by atoms with van der Waals surface area (Å²) in [6.07, 6.45) is 3.87. The fourth-order valence-corrected chi connectivity index (χ4v) is 1.90. The summed E-state index contributed by atoms with van der Waals surface area (Å²) in [5.74, 6) is -0.354. The second-order valence-electron chi connectivity index (χ2n) is 4.08. The van der Waals surface area contributed by atoms with Crippen molar-refractivity contribution in [3.05, 3.63) is 34.9 Å². The Morgan fingerprint density at radius 1 is 1.58 bits per heavy atom. The number of carbonyl (C=O) groups is 1. The molecule has 1 amide bonds. The topological polar surface area (TPSA) is 85.8 Å². The first-order chi connectivity index (χ1) is 9.01. The fourth-order valence-electron chi connectivity index (χ4n) is 1.71. The molecule has 2 aromatic rings. The molecular weight excluding hydrogens is 266 g/mol. The van der Waals surface area contributed by atoms with Gasteiger partial charge in [-0.2, -0.15) is 5.10 Å². The van der Waals surface area contributed by atoms with Crippen molar-refractivity contribution in [1.82, 2.24) is 14.8 Å². The summed E-state index contributed by atoms with van der Waals surface area (Å²) in [6, 6.07) is 1.49. The van der Waals surface area contributed by atoms with Gasteiger partial charge in [-0.05, 0) is 12.5 Å². The number of aryl methyl sites for hydroxylation is 2. The lowest BCUT2D eigenvalue weighted by Gasteiger charge is -2.06. The second-order valence-corrected chi connectivity index (χ2v) is 4.44. The molecular formula is C12H14ClN5O. The monoisotopic (exact) mass is 279 g/mol. The largest absolute Gasteiger partial charge is 0.397 e. The average Bonchev–Trinajstić information content (AvgIpc) is 2.72. The molecule has 0 aromatic carbocycles. The van der Waals surface area contributed by atoms with Crippen molar-refractivity contribution < 1.29 is 4.79 Å². The van der Waals surface area contributed by atoms with Crippen LogP contribution in [0.5, 0.6) is 0 Å². The highest BCUT2D eigenvalue weighted by molar-refractivity contribution is 6.33. The summed E-state index contributed by atoms with van der Waals surface area (Å²) in [7, 11) is 1.80. The van der Waals surface area contributed by atoms with E-state index in [1.165, 1.54) is 12.3 Å². The Morgan fingerprint density at radius 3 is 3.00 bits per heavy atom. The van der Waals surface area contributed by atoms with Crippen molar-refractivity contribution in [2.75, 3.05) is 11.1 Å². The van der Waals surface area contributed by atoms with Crippen molar-refractivity contribution >= 4 is 28.9 Å². The van der Waals surface area contributed by atoms with Crippen LogP contribution in [0.2, 0.25) is 5.15 Å². The van der Waals surface area contributed by atoms with E-state index in [1.807, 2.05) is 6.92 Å². The molecule has 0 radical (unpaired) electrons. The zero-order valence-corrected chi connectivity index (χ0v) is 11.4. The maximum Gasteiger partial charge on any atom is 0.258 e. The normalized spacial score (nSPS) is 10.5. The third-order valence-corrected chi connectivity index (χ3v) is 2.89. The van der Waals surface area contributed by atoms with Crippen LogP contribution >= 0.6 is 11.6 Å². The first-order valence-corrected chi connectivity index (χ1v) is 6.14. The minimum Gasteiger partial charge on any atom is -0.397 e. The number of nitrogens with one attached hydrogen (secondary N) is 1. The number of nitrogens with two attached hydrogens (primary N) is 1. The lowest BCUT2D eigenvalue weighted by Crippen LogP contribution is -2.14. The van der Waals surface area contributed by atoms with Crippen molar-refractivity contribution in [3.8, 4) is 0 Å². The van der Waals surface area contributed by atoms with E-state index in [-0.39, 0.29) is 16.6 Å². The molecule has 0 saturated carbocycles. The van der Waals surface area contributed by atoms with Gasteiger partial charge in [-0.15, -0.1) is 0 Å². The molecule has 0 unspecified atom stereocenters. The van der Waals surface area contributed by atoms with E-state index in [0.717, 1.165) is 12.1 Å². The highest BCUT2D eigenvalue weighted by Crippen LogP contribution is 2.19. The van der Waals surface area contributed by atoms with Gasteiger partial charge in [0, 0.05) is 13.2 Å². The van der Waals surface area contributed by atoms with Gasteiger partial charge in [-0.3, -0.25) is 9.48 Å². The van der Waals surface area contributed by atoms with Gasteiger partial charge in [-0.25, -0.2) is 4.98 Å². The van der Waals surface area contributed by atoms with E-state index in [1.54, 1.807) is 17.9 Å². The van der Waals surface area contributed by atoms with Crippen molar-refractivity contribution in [2.45, 2.75) is 13.3 Å². The summed E-state index contributed by atoms with van der Waals surface area (Å²) in [5.41, 5.74) is 7.70. The Balaban J connectivity index is 2.27. The van der Waals surface area contributed by atoms with Crippen LogP contribution in [0.4, 0.5) is 11.4 Å². The first kappa shape index (κ1) is 13.4. The fraction of sp³-hybridized carbons (Fsp3) is 0.250. The Bertz CT molecular complexity index is 623. The van der Waals surface area contributed by atoms with Crippen LogP contribution in [-0.4, -0.2) is 20.7 Å². The van der Waals surface area contributed by atoms with Gasteiger partial charge >= 0.3 is 0 Å². The highest BCUT2D eigenvalue weighted by atomic mass is 35.5. The van der Waals surface area contributed by atoms with Crippen molar-refractivity contribution in [3.63, 3.8) is 0 Å². The number of aromatic nitrogens is 3. The van der Waals surface area contributed by atoms with E-state index in [0.29, 0.717) is 11.4 Å². The standard InChI is InChI=1S/C12H14ClN5O/c1-3-9-10(6-18(2)17-9)16-12(19)8-4-7(14)5-15-11(8)13/h4-6H,3,14H2,1-2H3,(H,16,19). The molecule has 6 nitrogen and oxygen atoms in total. The number of nitrogens with zero attached hydrogens (tertiary/aromatic N) is 3. The summed E-state index contributed by atoms with van der Waals surface area (Å²) in [5, 5.41) is 7.13. The molecule has 0 fully saturated rings. The van der Waals surface area contributed by atoms with Crippen LogP contribution in [0.1, 0.15) is 23.0 Å². The van der Waals surface area contributed by atoms with E-state index >= 15 is 0 Å². The lowest BCUT2D eigenvalue weighted by molar-refractivity contribution is 0.102. The number of hydrogen-bond donors (Lipinski definition) is 2. The third kappa shape index (κ3) is 2.85. The van der Waals surface area contributed by atoms with Crippen LogP contribution in [0, 0.1) is 0 Å². The minimum absolute atomic E-state index is 0.119. The van der Waals surface area contributed by atoms with E-state index in [9.17, 15) is 4.79 Å². The number of halogens is 1. The maximum atomic E-state index is 12.1. The Hall–Kier alpha value is -2.08. The molecule has 0 saturated heterocycles. The number of rotatable bonds is 3. The molecule has 0 atom stereocenters. The number of anilines is 2. The number of nitrogen functional groups attached to an aromatic ring is 1. The summed E-state index contributed by atoms with van der Waals surface area (Å²) in [6.45, 7) is 1.97. The van der Waals surface area contributed by atoms with Gasteiger partial charge < -0.3 is 11.1 Å². The summed E-state index contributed by atoms with van der Waals surface area (Å²) in [4.78, 5) is 16.0. The van der Waals surface area contributed by atoms with E-state index in [2.05, 4.69) is 15.4 Å². The maximum absolute atomic E-state index is 12.1.